The van der Waals surface area contributed by atoms with Crippen LogP contribution >= 0.6 is 0 Å². The summed E-state index contributed by atoms with van der Waals surface area (Å²) < 4.78 is 5.83. The van der Waals surface area contributed by atoms with E-state index in [4.69, 9.17) is 11.6 Å². The molecule has 3 amide bonds. The van der Waals surface area contributed by atoms with Gasteiger partial charge in [-0.1, -0.05) is 40.7 Å². The number of nitrogens with zero attached hydrogens (tertiary/aromatic N) is 2. The van der Waals surface area contributed by atoms with Crippen LogP contribution in [0, 0.1) is 16.2 Å². The number of allylic oxidation sites excluding steroid dienone is 1. The number of nitrogens with one attached hydrogen (secondary N) is 3. The first-order chi connectivity index (χ1) is 21.3. The second-order valence-corrected chi connectivity index (χ2v) is 14.9. The molecule has 1 aromatic heterocycles. The number of aromatic nitrogens is 1. The first-order valence-corrected chi connectivity index (χ1v) is 15.6. The molecule has 13 nitrogen and oxygen atoms in total. The first kappa shape index (κ1) is 36.3. The van der Waals surface area contributed by atoms with Gasteiger partial charge in [0.05, 0.1) is 7.11 Å². The van der Waals surface area contributed by atoms with Gasteiger partial charge in [-0.25, -0.2) is 10.6 Å². The number of methoxy groups -OCH3 is 1. The van der Waals surface area contributed by atoms with E-state index < -0.39 is 29.4 Å². The number of likely N-dealkylation sites (N-methyl/N-ethyl adjacent to an activating group) is 1. The predicted molar refractivity (Wildman–Crippen MR) is 176 cm³/mol. The third-order valence-corrected chi connectivity index (χ3v) is 8.68. The lowest BCUT2D eigenvalue weighted by Gasteiger charge is -2.61. The van der Waals surface area contributed by atoms with E-state index in [1.807, 2.05) is 0 Å². The van der Waals surface area contributed by atoms with Gasteiger partial charge in [0.25, 0.3) is 11.5 Å². The maximum absolute atomic E-state index is 13.5. The third-order valence-electron chi connectivity index (χ3n) is 8.68. The van der Waals surface area contributed by atoms with Crippen molar-refractivity contribution in [1.29, 1.82) is 0 Å². The fraction of sp³-hybridized carbons (Fsp3) is 0.606. The Bertz CT molecular complexity index is 1420. The van der Waals surface area contributed by atoms with Crippen molar-refractivity contribution < 1.29 is 23.9 Å². The first-order valence-electron chi connectivity index (χ1n) is 15.6. The molecule has 0 aromatic carbocycles. The van der Waals surface area contributed by atoms with E-state index in [0.717, 1.165) is 43.3 Å². The van der Waals surface area contributed by atoms with E-state index in [9.17, 15) is 24.0 Å². The van der Waals surface area contributed by atoms with Crippen molar-refractivity contribution in [2.45, 2.75) is 97.7 Å². The highest BCUT2D eigenvalue weighted by atomic mass is 16.5. The molecule has 0 spiro atoms. The maximum Gasteiger partial charge on any atom is 0.330 e. The van der Waals surface area contributed by atoms with Crippen LogP contribution in [0.1, 0.15) is 79.6 Å². The van der Waals surface area contributed by atoms with Gasteiger partial charge in [0.2, 0.25) is 11.8 Å². The van der Waals surface area contributed by atoms with E-state index in [-0.39, 0.29) is 58.5 Å². The molecule has 13 heteroatoms. The van der Waals surface area contributed by atoms with Gasteiger partial charge < -0.3 is 36.0 Å². The number of esters is 1. The van der Waals surface area contributed by atoms with Crippen molar-refractivity contribution in [3.63, 3.8) is 0 Å². The normalized spacial score (nSPS) is 24.0. The Kier molecular flexibility index (Phi) is 11.1. The highest BCUT2D eigenvalue weighted by Gasteiger charge is 2.56. The molecule has 2 aliphatic carbocycles. The smallest absolute Gasteiger partial charge is 0.330 e. The molecule has 1 heterocycles. The second-order valence-electron chi connectivity index (χ2n) is 14.9. The van der Waals surface area contributed by atoms with Gasteiger partial charge in [-0.2, -0.15) is 0 Å². The molecule has 46 heavy (non-hydrogen) atoms. The van der Waals surface area contributed by atoms with Crippen LogP contribution in [0.5, 0.6) is 0 Å². The molecule has 0 saturated heterocycles. The average Bonchev–Trinajstić information content (AvgIpc) is 2.89. The maximum atomic E-state index is 13.5. The lowest BCUT2D eigenvalue weighted by molar-refractivity contribution is -0.135. The minimum Gasteiger partial charge on any atom is -0.466 e. The number of fused-ring (bicyclic) bond motifs is 2. The predicted octanol–water partition coefficient (Wildman–Crippen LogP) is 2.28. The van der Waals surface area contributed by atoms with E-state index >= 15 is 0 Å². The number of rotatable bonds is 12. The topological polar surface area (TPSA) is 191 Å². The van der Waals surface area contributed by atoms with Crippen molar-refractivity contribution in [2.75, 3.05) is 19.5 Å². The van der Waals surface area contributed by atoms with E-state index in [1.54, 1.807) is 6.07 Å². The van der Waals surface area contributed by atoms with Crippen molar-refractivity contribution in [3.8, 4) is 0 Å². The summed E-state index contributed by atoms with van der Waals surface area (Å²) in [4.78, 5) is 64.5. The van der Waals surface area contributed by atoms with Crippen molar-refractivity contribution in [3.05, 3.63) is 52.7 Å². The van der Waals surface area contributed by atoms with Crippen molar-refractivity contribution in [2.24, 2.45) is 27.8 Å². The zero-order chi connectivity index (χ0) is 34.5. The molecule has 1 aromatic rings. The third kappa shape index (κ3) is 9.44. The molecule has 2 aliphatic rings. The number of carbonyl (C=O) groups is 4. The summed E-state index contributed by atoms with van der Waals surface area (Å²) in [5, 5.41) is 9.51. The van der Waals surface area contributed by atoms with Crippen LogP contribution in [0.2, 0.25) is 0 Å². The monoisotopic (exact) mass is 641 g/mol. The molecule has 0 radical (unpaired) electrons. The second kappa shape index (κ2) is 14.1. The Labute approximate surface area is 271 Å². The zero-order valence-corrected chi connectivity index (χ0v) is 28.2. The summed E-state index contributed by atoms with van der Waals surface area (Å²) in [6.07, 6.45) is 10.3. The van der Waals surface area contributed by atoms with Crippen LogP contribution < -0.4 is 33.1 Å². The lowest BCUT2D eigenvalue weighted by atomic mass is 9.47. The number of amides is 3. The van der Waals surface area contributed by atoms with E-state index in [1.165, 1.54) is 43.1 Å². The number of hydrazine groups is 1. The number of anilines is 1. The Hall–Kier alpha value is -4.13. The van der Waals surface area contributed by atoms with Gasteiger partial charge in [0.15, 0.2) is 0 Å². The fourth-order valence-corrected chi connectivity index (χ4v) is 8.42. The molecule has 3 rings (SSSR count). The van der Waals surface area contributed by atoms with Crippen LogP contribution in [-0.2, 0) is 30.5 Å². The standard InChI is InChI=1S/C33H51N7O6/c1-30(2)17-32(5)18-31(3,4)20-33(19-30,21-32)38-25(41)16-40-14-10-12-23(29(40)45)37-27(43)22(11-8-9-13-26(42)46-7)36-28(44)24(15-34)39(6)35/h9-10,12-15,22H,8,11,16-21,34-35H2,1-7H3,(H,36,44)(H,37,43)(H,38,41)/b13-9+,24-15-/t22-,32?,33?/m0/s1. The Morgan fingerprint density at radius 2 is 1.70 bits per heavy atom. The highest BCUT2D eigenvalue weighted by Crippen LogP contribution is 2.61. The van der Waals surface area contributed by atoms with Crippen LogP contribution in [0.4, 0.5) is 5.69 Å². The molecule has 2 bridgehead atoms. The summed E-state index contributed by atoms with van der Waals surface area (Å²) in [7, 11) is 2.66. The molecular formula is C33H51N7O6. The molecule has 1 atom stereocenters. The number of pyridine rings is 1. The van der Waals surface area contributed by atoms with Crippen LogP contribution in [0.15, 0.2) is 47.2 Å². The Balaban J connectivity index is 1.78. The van der Waals surface area contributed by atoms with Gasteiger partial charge >= 0.3 is 5.97 Å². The average molecular weight is 642 g/mol. The van der Waals surface area contributed by atoms with Gasteiger partial charge in [0, 0.05) is 31.1 Å². The van der Waals surface area contributed by atoms with Crippen LogP contribution in [0.25, 0.3) is 0 Å². The molecular weight excluding hydrogens is 590 g/mol. The molecule has 0 aliphatic heterocycles. The van der Waals surface area contributed by atoms with E-state index in [2.05, 4.69) is 55.3 Å². The quantitative estimate of drug-likeness (QED) is 0.0986. The number of hydrogen-bond donors (Lipinski definition) is 5. The summed E-state index contributed by atoms with van der Waals surface area (Å²) in [5.41, 5.74) is 4.70. The lowest BCUT2D eigenvalue weighted by Crippen LogP contribution is -2.62. The molecule has 7 N–H and O–H groups in total. The minimum absolute atomic E-state index is 0.0569. The SMILES string of the molecule is COC(=O)/C=C/CC[C@H](NC(=O)/C(=C/N)N(C)N)C(=O)Nc1cccn(CC(=O)NC23CC(C)(C)CC(C)(CC(C)(C)C2)C3)c1=O. The summed E-state index contributed by atoms with van der Waals surface area (Å²) in [5.74, 6) is 3.45. The highest BCUT2D eigenvalue weighted by molar-refractivity contribution is 6.00. The molecule has 2 fully saturated rings. The Morgan fingerprint density at radius 3 is 2.26 bits per heavy atom. The number of ether oxygens (including phenoxy) is 1. The molecule has 2 saturated carbocycles. The number of carbonyl (C=O) groups excluding carboxylic acids is 4. The summed E-state index contributed by atoms with van der Waals surface area (Å²) >= 11 is 0. The summed E-state index contributed by atoms with van der Waals surface area (Å²) in [6.45, 7) is 11.1. The fourth-order valence-electron chi connectivity index (χ4n) is 8.42. The van der Waals surface area contributed by atoms with Crippen LogP contribution in [0.3, 0.4) is 0 Å². The van der Waals surface area contributed by atoms with Crippen molar-refractivity contribution in [1.82, 2.24) is 20.2 Å². The van der Waals surface area contributed by atoms with Gasteiger partial charge in [0.1, 0.15) is 24.0 Å². The van der Waals surface area contributed by atoms with Crippen molar-refractivity contribution >= 4 is 29.4 Å². The number of nitrogens with two attached hydrogens (primary N) is 2. The number of hydrogen-bond acceptors (Lipinski definition) is 9. The molecule has 0 unspecified atom stereocenters. The van der Waals surface area contributed by atoms with Gasteiger partial charge in [-0.15, -0.1) is 0 Å². The minimum atomic E-state index is -1.13. The largest absolute Gasteiger partial charge is 0.466 e. The zero-order valence-electron chi connectivity index (χ0n) is 28.2. The van der Waals surface area contributed by atoms with Crippen LogP contribution in [-0.4, -0.2) is 59.0 Å². The van der Waals surface area contributed by atoms with E-state index in [0.29, 0.717) is 0 Å². The molecule has 254 valence electrons. The van der Waals surface area contributed by atoms with Gasteiger partial charge in [-0.05, 0) is 73.3 Å². The summed E-state index contributed by atoms with van der Waals surface area (Å²) in [6, 6.07) is 1.87. The van der Waals surface area contributed by atoms with Gasteiger partial charge in [-0.3, -0.25) is 19.2 Å². The Morgan fingerprint density at radius 1 is 1.07 bits per heavy atom.